The average molecular weight is 205 g/mol. The zero-order valence-electron chi connectivity index (χ0n) is 7.01. The zero-order chi connectivity index (χ0) is 8.93. The fourth-order valence-electron chi connectivity index (χ4n) is 1.01. The van der Waals surface area contributed by atoms with Gasteiger partial charge in [-0.3, -0.25) is 0 Å². The summed E-state index contributed by atoms with van der Waals surface area (Å²) >= 11 is 3.51. The fourth-order valence-corrected chi connectivity index (χ4v) is 2.56. The highest BCUT2D eigenvalue weighted by molar-refractivity contribution is 7.99. The Kier molecular flexibility index (Phi) is 2.95. The van der Waals surface area contributed by atoms with E-state index in [9.17, 15) is 0 Å². The predicted octanol–water partition coefficient (Wildman–Crippen LogP) is 4.18. The molecule has 0 saturated carbocycles. The van der Waals surface area contributed by atoms with Crippen LogP contribution < -0.4 is 0 Å². The number of hydrogen-bond acceptors (Lipinski definition) is 1. The first kappa shape index (κ1) is 8.73. The second kappa shape index (κ2) is 4.40. The van der Waals surface area contributed by atoms with Gasteiger partial charge in [0.15, 0.2) is 10.8 Å². The van der Waals surface area contributed by atoms with Gasteiger partial charge in [-0.05, 0) is 12.1 Å². The minimum Gasteiger partial charge on any atom is -0.0897 e. The summed E-state index contributed by atoms with van der Waals surface area (Å²) in [4.78, 5) is 2.59. The van der Waals surface area contributed by atoms with Crippen LogP contribution >= 0.6 is 23.1 Å². The van der Waals surface area contributed by atoms with Crippen molar-refractivity contribution in [2.75, 3.05) is 0 Å². The van der Waals surface area contributed by atoms with Crippen molar-refractivity contribution in [2.45, 2.75) is 9.79 Å². The summed E-state index contributed by atoms with van der Waals surface area (Å²) in [6.07, 6.45) is 0. The topological polar surface area (TPSA) is 0 Å². The van der Waals surface area contributed by atoms with E-state index >= 15 is 0 Å². The Hall–Kier alpha value is -0.860. The van der Waals surface area contributed by atoms with E-state index in [4.69, 9.17) is 0 Å². The van der Waals surface area contributed by atoms with E-state index in [0.717, 1.165) is 0 Å². The molecule has 2 aromatic rings. The molecule has 0 aliphatic heterocycles. The summed E-state index contributed by atoms with van der Waals surface area (Å²) in [5, 5.41) is 4.20. The lowest BCUT2D eigenvalue weighted by atomic mass is 10.4. The van der Waals surface area contributed by atoms with Gasteiger partial charge in [0.25, 0.3) is 0 Å². The molecule has 0 unspecified atom stereocenters. The van der Waals surface area contributed by atoms with Crippen molar-refractivity contribution >= 4 is 23.1 Å². The molecule has 2 rings (SSSR count). The molecule has 0 aliphatic rings. The number of benzene rings is 1. The SMILES string of the molecule is c1ccc(Sc2cc[s+]cc2)cc1. The van der Waals surface area contributed by atoms with Crippen LogP contribution in [-0.4, -0.2) is 0 Å². The Morgan fingerprint density at radius 1 is 0.769 bits per heavy atom. The third kappa shape index (κ3) is 2.54. The molecule has 0 amide bonds. The second-order valence-corrected chi connectivity index (χ2v) is 4.52. The van der Waals surface area contributed by atoms with Crippen LogP contribution in [0.1, 0.15) is 0 Å². The molecule has 0 nitrogen and oxygen atoms in total. The Balaban J connectivity index is 2.16. The lowest BCUT2D eigenvalue weighted by Gasteiger charge is -1.97. The predicted molar refractivity (Wildman–Crippen MR) is 59.3 cm³/mol. The van der Waals surface area contributed by atoms with Crippen LogP contribution in [0.3, 0.4) is 0 Å². The van der Waals surface area contributed by atoms with Gasteiger partial charge < -0.3 is 0 Å². The molecule has 1 aromatic carbocycles. The van der Waals surface area contributed by atoms with Crippen LogP contribution in [0.4, 0.5) is 0 Å². The van der Waals surface area contributed by atoms with E-state index in [1.54, 1.807) is 23.1 Å². The Labute approximate surface area is 86.3 Å². The zero-order valence-corrected chi connectivity index (χ0v) is 8.65. The minimum atomic E-state index is 1.29. The molecule has 1 heterocycles. The van der Waals surface area contributed by atoms with Gasteiger partial charge in [-0.15, -0.1) is 0 Å². The summed E-state index contributed by atoms with van der Waals surface area (Å²) in [5.41, 5.74) is 0. The molecule has 1 aromatic heterocycles. The van der Waals surface area contributed by atoms with E-state index in [1.165, 1.54) is 9.79 Å². The molecule has 0 saturated heterocycles. The van der Waals surface area contributed by atoms with Gasteiger partial charge in [0.05, 0.1) is 0 Å². The summed E-state index contributed by atoms with van der Waals surface area (Å²) in [6.45, 7) is 0. The van der Waals surface area contributed by atoms with Crippen LogP contribution in [0.5, 0.6) is 0 Å². The molecular formula is C11H9S2+. The Bertz CT molecular complexity index is 319. The van der Waals surface area contributed by atoms with Gasteiger partial charge in [-0.1, -0.05) is 30.0 Å². The maximum Gasteiger partial charge on any atom is 0.211 e. The highest BCUT2D eigenvalue weighted by Crippen LogP contribution is 2.26. The molecule has 0 atom stereocenters. The monoisotopic (exact) mass is 205 g/mol. The first-order valence-corrected chi connectivity index (χ1v) is 5.79. The normalized spacial score (nSPS) is 9.85. The van der Waals surface area contributed by atoms with Crippen molar-refractivity contribution in [1.82, 2.24) is 0 Å². The van der Waals surface area contributed by atoms with E-state index in [1.807, 2.05) is 6.07 Å². The maximum absolute atomic E-state index is 2.14. The molecule has 0 fully saturated rings. The summed E-state index contributed by atoms with van der Waals surface area (Å²) in [5.74, 6) is 0. The summed E-state index contributed by atoms with van der Waals surface area (Å²) in [7, 11) is 0. The van der Waals surface area contributed by atoms with Crippen LogP contribution in [0.25, 0.3) is 0 Å². The molecule has 0 N–H and O–H groups in total. The first-order valence-electron chi connectivity index (χ1n) is 4.03. The molecule has 0 radical (unpaired) electrons. The fraction of sp³-hybridized carbons (Fsp3) is 0. The quantitative estimate of drug-likeness (QED) is 0.663. The highest BCUT2D eigenvalue weighted by atomic mass is 32.2. The smallest absolute Gasteiger partial charge is 0.0897 e. The summed E-state index contributed by atoms with van der Waals surface area (Å²) in [6, 6.07) is 14.7. The molecule has 13 heavy (non-hydrogen) atoms. The molecular weight excluding hydrogens is 196 g/mol. The van der Waals surface area contributed by atoms with E-state index in [2.05, 4.69) is 47.2 Å². The summed E-state index contributed by atoms with van der Waals surface area (Å²) < 4.78 is 0. The van der Waals surface area contributed by atoms with Crippen LogP contribution in [0.15, 0.2) is 63.0 Å². The lowest BCUT2D eigenvalue weighted by Crippen LogP contribution is -1.69. The van der Waals surface area contributed by atoms with E-state index in [0.29, 0.717) is 0 Å². The molecule has 64 valence electrons. The third-order valence-corrected chi connectivity index (χ3v) is 3.20. The van der Waals surface area contributed by atoms with Gasteiger partial charge in [0.2, 0.25) is 11.3 Å². The van der Waals surface area contributed by atoms with Gasteiger partial charge >= 0.3 is 0 Å². The highest BCUT2D eigenvalue weighted by Gasteiger charge is 1.97. The standard InChI is InChI=1S/C11H9S2/c1-2-4-10(5-3-1)13-11-6-8-12-9-7-11/h1-9H/q+1. The van der Waals surface area contributed by atoms with Crippen molar-refractivity contribution < 1.29 is 0 Å². The van der Waals surface area contributed by atoms with Crippen LogP contribution in [0.2, 0.25) is 0 Å². The number of hydrogen-bond donors (Lipinski definition) is 0. The largest absolute Gasteiger partial charge is 0.211 e. The second-order valence-electron chi connectivity index (χ2n) is 2.56. The van der Waals surface area contributed by atoms with E-state index < -0.39 is 0 Å². The third-order valence-electron chi connectivity index (χ3n) is 1.60. The van der Waals surface area contributed by atoms with Gasteiger partial charge in [0, 0.05) is 21.9 Å². The van der Waals surface area contributed by atoms with Crippen molar-refractivity contribution in [3.05, 3.63) is 53.2 Å². The lowest BCUT2D eigenvalue weighted by molar-refractivity contribution is 1.43. The van der Waals surface area contributed by atoms with Crippen molar-refractivity contribution in [3.63, 3.8) is 0 Å². The average Bonchev–Trinajstić information content (AvgIpc) is 2.21. The van der Waals surface area contributed by atoms with Crippen LogP contribution in [-0.2, 0) is 0 Å². The van der Waals surface area contributed by atoms with Crippen molar-refractivity contribution in [2.24, 2.45) is 0 Å². The molecule has 2 heteroatoms. The Morgan fingerprint density at radius 3 is 2.08 bits per heavy atom. The molecule has 0 bridgehead atoms. The Morgan fingerprint density at radius 2 is 1.38 bits per heavy atom. The maximum atomic E-state index is 2.14. The molecule has 0 spiro atoms. The number of rotatable bonds is 2. The van der Waals surface area contributed by atoms with Gasteiger partial charge in [-0.25, -0.2) is 0 Å². The minimum absolute atomic E-state index is 1.29. The van der Waals surface area contributed by atoms with Crippen molar-refractivity contribution in [3.8, 4) is 0 Å². The van der Waals surface area contributed by atoms with Gasteiger partial charge in [-0.2, -0.15) is 0 Å². The van der Waals surface area contributed by atoms with E-state index in [-0.39, 0.29) is 0 Å². The first-order chi connectivity index (χ1) is 6.45. The van der Waals surface area contributed by atoms with Crippen molar-refractivity contribution in [1.29, 1.82) is 0 Å². The molecule has 0 aliphatic carbocycles. The van der Waals surface area contributed by atoms with Gasteiger partial charge in [0.1, 0.15) is 0 Å². The van der Waals surface area contributed by atoms with Crippen LogP contribution in [0, 0.1) is 0 Å².